The molecule has 1 N–H and O–H groups in total. The van der Waals surface area contributed by atoms with Gasteiger partial charge in [0.15, 0.2) is 0 Å². The monoisotopic (exact) mass is 430 g/mol. The molecule has 4 heterocycles. The molecule has 0 bridgehead atoms. The van der Waals surface area contributed by atoms with E-state index in [1.807, 2.05) is 24.4 Å². The Morgan fingerprint density at radius 1 is 1.34 bits per heavy atom. The zero-order valence-corrected chi connectivity index (χ0v) is 17.7. The second-order valence-corrected chi connectivity index (χ2v) is 9.04. The summed E-state index contributed by atoms with van der Waals surface area (Å²) in [4.78, 5) is 34.4. The van der Waals surface area contributed by atoms with Gasteiger partial charge in [0.2, 0.25) is 5.91 Å². The SMILES string of the molecule is Cc1nc(Cn2nc3n(c2=O)CCC(NC(=O)CSc2ccncc2)CC3)cs1. The number of thiazole rings is 1. The summed E-state index contributed by atoms with van der Waals surface area (Å²) in [7, 11) is 0. The second-order valence-electron chi connectivity index (χ2n) is 6.93. The maximum Gasteiger partial charge on any atom is 0.346 e. The predicted molar refractivity (Wildman–Crippen MR) is 112 cm³/mol. The summed E-state index contributed by atoms with van der Waals surface area (Å²) in [5.41, 5.74) is 0.755. The number of hydrogen-bond donors (Lipinski definition) is 1. The molecule has 8 nitrogen and oxygen atoms in total. The maximum atomic E-state index is 12.7. The first-order valence-corrected chi connectivity index (χ1v) is 11.3. The molecule has 0 saturated heterocycles. The Kier molecular flexibility index (Phi) is 6.10. The number of aromatic nitrogens is 5. The first kappa shape index (κ1) is 19.8. The Hall–Kier alpha value is -2.46. The van der Waals surface area contributed by atoms with Crippen LogP contribution in [0.3, 0.4) is 0 Å². The van der Waals surface area contributed by atoms with E-state index >= 15 is 0 Å². The molecule has 10 heteroatoms. The van der Waals surface area contributed by atoms with Crippen molar-refractivity contribution in [2.45, 2.75) is 50.2 Å². The van der Waals surface area contributed by atoms with Gasteiger partial charge in [-0.3, -0.25) is 14.3 Å². The van der Waals surface area contributed by atoms with Crippen LogP contribution in [0.4, 0.5) is 0 Å². The van der Waals surface area contributed by atoms with Crippen LogP contribution in [0.1, 0.15) is 29.4 Å². The topological polar surface area (TPSA) is 94.7 Å². The normalized spacial score (nSPS) is 16.2. The Bertz CT molecular complexity index is 1040. The Morgan fingerprint density at radius 3 is 2.93 bits per heavy atom. The van der Waals surface area contributed by atoms with Crippen LogP contribution < -0.4 is 11.0 Å². The van der Waals surface area contributed by atoms with Crippen molar-refractivity contribution in [3.8, 4) is 0 Å². The minimum absolute atomic E-state index is 0.00710. The molecule has 3 aromatic rings. The molecule has 1 aliphatic rings. The average Bonchev–Trinajstić information content (AvgIpc) is 3.19. The second kappa shape index (κ2) is 8.91. The molecular weight excluding hydrogens is 408 g/mol. The van der Waals surface area contributed by atoms with E-state index in [1.54, 1.807) is 28.3 Å². The molecule has 1 unspecified atom stereocenters. The fourth-order valence-corrected chi connectivity index (χ4v) is 4.66. The lowest BCUT2D eigenvalue weighted by Crippen LogP contribution is -2.36. The first-order chi connectivity index (χ1) is 14.1. The van der Waals surface area contributed by atoms with Gasteiger partial charge in [-0.15, -0.1) is 23.1 Å². The van der Waals surface area contributed by atoms with Gasteiger partial charge in [-0.2, -0.15) is 5.10 Å². The van der Waals surface area contributed by atoms with E-state index in [9.17, 15) is 9.59 Å². The van der Waals surface area contributed by atoms with Crippen molar-refractivity contribution in [1.82, 2.24) is 29.6 Å². The molecule has 3 aromatic heterocycles. The highest BCUT2D eigenvalue weighted by Gasteiger charge is 2.22. The number of hydrogen-bond acceptors (Lipinski definition) is 7. The lowest BCUT2D eigenvalue weighted by Gasteiger charge is -2.15. The number of nitrogens with zero attached hydrogens (tertiary/aromatic N) is 5. The molecule has 1 amide bonds. The van der Waals surface area contributed by atoms with Crippen LogP contribution in [0, 0.1) is 6.92 Å². The number of thioether (sulfide) groups is 1. The zero-order chi connectivity index (χ0) is 20.2. The van der Waals surface area contributed by atoms with Crippen molar-refractivity contribution in [1.29, 1.82) is 0 Å². The number of pyridine rings is 1. The summed E-state index contributed by atoms with van der Waals surface area (Å²) in [5, 5.41) is 10.6. The van der Waals surface area contributed by atoms with Crippen molar-refractivity contribution in [2.75, 3.05) is 5.75 Å². The van der Waals surface area contributed by atoms with Gasteiger partial charge in [0, 0.05) is 41.7 Å². The first-order valence-electron chi connectivity index (χ1n) is 9.48. The summed E-state index contributed by atoms with van der Waals surface area (Å²) >= 11 is 3.06. The van der Waals surface area contributed by atoms with Gasteiger partial charge in [-0.25, -0.2) is 14.5 Å². The van der Waals surface area contributed by atoms with Gasteiger partial charge >= 0.3 is 5.69 Å². The van der Waals surface area contributed by atoms with Crippen LogP contribution in [0.15, 0.2) is 39.6 Å². The maximum absolute atomic E-state index is 12.7. The molecule has 29 heavy (non-hydrogen) atoms. The largest absolute Gasteiger partial charge is 0.353 e. The van der Waals surface area contributed by atoms with Gasteiger partial charge < -0.3 is 5.32 Å². The van der Waals surface area contributed by atoms with Crippen LogP contribution in [-0.4, -0.2) is 42.0 Å². The fraction of sp³-hybridized carbons (Fsp3) is 0.421. The third-order valence-corrected chi connectivity index (χ3v) is 6.61. The number of fused-ring (bicyclic) bond motifs is 1. The Balaban J connectivity index is 1.32. The van der Waals surface area contributed by atoms with Gasteiger partial charge in [0.25, 0.3) is 0 Å². The molecule has 0 aliphatic carbocycles. The third-order valence-electron chi connectivity index (χ3n) is 4.78. The van der Waals surface area contributed by atoms with E-state index in [0.717, 1.165) is 34.3 Å². The molecule has 0 saturated carbocycles. The number of nitrogens with one attached hydrogen (secondary N) is 1. The van der Waals surface area contributed by atoms with Crippen LogP contribution in [0.5, 0.6) is 0 Å². The molecule has 1 aliphatic heterocycles. The van der Waals surface area contributed by atoms with Gasteiger partial charge in [-0.05, 0) is 31.9 Å². The lowest BCUT2D eigenvalue weighted by molar-refractivity contribution is -0.119. The molecule has 0 radical (unpaired) electrons. The minimum Gasteiger partial charge on any atom is -0.353 e. The molecule has 1 atom stereocenters. The summed E-state index contributed by atoms with van der Waals surface area (Å²) in [5.74, 6) is 1.16. The fourth-order valence-electron chi connectivity index (χ4n) is 3.36. The van der Waals surface area contributed by atoms with Crippen LogP contribution in [0.25, 0.3) is 0 Å². The smallest absolute Gasteiger partial charge is 0.346 e. The van der Waals surface area contributed by atoms with E-state index in [0.29, 0.717) is 25.3 Å². The highest BCUT2D eigenvalue weighted by molar-refractivity contribution is 8.00. The van der Waals surface area contributed by atoms with E-state index < -0.39 is 0 Å². The molecule has 4 rings (SSSR count). The summed E-state index contributed by atoms with van der Waals surface area (Å²) in [6.07, 6.45) is 5.60. The summed E-state index contributed by atoms with van der Waals surface area (Å²) < 4.78 is 3.23. The zero-order valence-electron chi connectivity index (χ0n) is 16.1. The lowest BCUT2D eigenvalue weighted by atomic mass is 10.1. The average molecular weight is 431 g/mol. The molecule has 0 spiro atoms. The van der Waals surface area contributed by atoms with Crippen molar-refractivity contribution in [3.63, 3.8) is 0 Å². The van der Waals surface area contributed by atoms with E-state index in [1.165, 1.54) is 16.4 Å². The van der Waals surface area contributed by atoms with Crippen molar-refractivity contribution >= 4 is 29.0 Å². The molecule has 0 fully saturated rings. The minimum atomic E-state index is -0.106. The number of amides is 1. The van der Waals surface area contributed by atoms with Crippen molar-refractivity contribution in [2.24, 2.45) is 0 Å². The van der Waals surface area contributed by atoms with Crippen LogP contribution in [0.2, 0.25) is 0 Å². The number of carbonyl (C=O) groups excluding carboxylic acids is 1. The summed E-state index contributed by atoms with van der Waals surface area (Å²) in [6.45, 7) is 2.91. The van der Waals surface area contributed by atoms with Gasteiger partial charge in [0.1, 0.15) is 5.82 Å². The Labute approximate surface area is 176 Å². The highest BCUT2D eigenvalue weighted by Crippen LogP contribution is 2.17. The van der Waals surface area contributed by atoms with Crippen LogP contribution >= 0.6 is 23.1 Å². The third kappa shape index (κ3) is 4.94. The molecular formula is C19H22N6O2S2. The highest BCUT2D eigenvalue weighted by atomic mass is 32.2. The van der Waals surface area contributed by atoms with Gasteiger partial charge in [0.05, 0.1) is 23.0 Å². The van der Waals surface area contributed by atoms with Crippen molar-refractivity contribution in [3.05, 3.63) is 56.9 Å². The summed E-state index contributed by atoms with van der Waals surface area (Å²) in [6, 6.07) is 3.83. The number of rotatable bonds is 6. The quantitative estimate of drug-likeness (QED) is 0.600. The van der Waals surface area contributed by atoms with E-state index in [4.69, 9.17) is 0 Å². The molecule has 0 aromatic carbocycles. The molecule has 152 valence electrons. The standard InChI is InChI=1S/C19H22N6O2S2/c1-13-21-15(11-28-13)10-25-19(27)24-9-6-14(2-3-17(24)23-25)22-18(26)12-29-16-4-7-20-8-5-16/h4-5,7-8,11,14H,2-3,6,9-10,12H2,1H3,(H,22,26). The van der Waals surface area contributed by atoms with Crippen LogP contribution in [-0.2, 0) is 24.3 Å². The van der Waals surface area contributed by atoms with E-state index in [-0.39, 0.29) is 17.6 Å². The Morgan fingerprint density at radius 2 is 2.17 bits per heavy atom. The van der Waals surface area contributed by atoms with E-state index in [2.05, 4.69) is 20.4 Å². The number of carbonyl (C=O) groups is 1. The predicted octanol–water partition coefficient (Wildman–Crippen LogP) is 1.87. The van der Waals surface area contributed by atoms with Gasteiger partial charge in [-0.1, -0.05) is 0 Å². The number of aryl methyl sites for hydroxylation is 2. The van der Waals surface area contributed by atoms with Crippen molar-refractivity contribution < 1.29 is 4.79 Å².